The zero-order chi connectivity index (χ0) is 22.5. The lowest BCUT2D eigenvalue weighted by molar-refractivity contribution is -0.124. The van der Waals surface area contributed by atoms with E-state index in [2.05, 4.69) is 17.2 Å². The molecule has 2 aliphatic rings. The van der Waals surface area contributed by atoms with Gasteiger partial charge in [-0.1, -0.05) is 6.08 Å². The highest BCUT2D eigenvalue weighted by Crippen LogP contribution is 2.32. The van der Waals surface area contributed by atoms with E-state index >= 15 is 0 Å². The Morgan fingerprint density at radius 1 is 1.16 bits per heavy atom. The number of nitrogens with zero attached hydrogens (tertiary/aromatic N) is 1. The highest BCUT2D eigenvalue weighted by atomic mass is 16.7. The van der Waals surface area contributed by atoms with Gasteiger partial charge in [-0.05, 0) is 49.1 Å². The van der Waals surface area contributed by atoms with E-state index in [-0.39, 0.29) is 30.4 Å². The van der Waals surface area contributed by atoms with E-state index in [1.807, 2.05) is 0 Å². The zero-order valence-electron chi connectivity index (χ0n) is 17.5. The van der Waals surface area contributed by atoms with Gasteiger partial charge in [-0.2, -0.15) is 0 Å². The van der Waals surface area contributed by atoms with E-state index in [1.54, 1.807) is 41.3 Å². The summed E-state index contributed by atoms with van der Waals surface area (Å²) in [7, 11) is 0. The van der Waals surface area contributed by atoms with E-state index in [0.29, 0.717) is 55.3 Å². The van der Waals surface area contributed by atoms with Crippen LogP contribution in [0.4, 0.5) is 0 Å². The summed E-state index contributed by atoms with van der Waals surface area (Å²) in [6.45, 7) is 4.96. The van der Waals surface area contributed by atoms with Crippen LogP contribution >= 0.6 is 0 Å². The molecule has 3 amide bonds. The summed E-state index contributed by atoms with van der Waals surface area (Å²) in [4.78, 5) is 40.0. The van der Waals surface area contributed by atoms with Gasteiger partial charge in [0.2, 0.25) is 12.7 Å². The molecular weight excluding hydrogens is 414 g/mol. The number of hydrogen-bond acceptors (Lipinski definition) is 6. The monoisotopic (exact) mass is 439 g/mol. The van der Waals surface area contributed by atoms with Crippen LogP contribution in [0.1, 0.15) is 33.8 Å². The molecule has 2 N–H and O–H groups in total. The number of ether oxygens (including phenoxy) is 2. The molecule has 9 nitrogen and oxygen atoms in total. The second-order valence-corrected chi connectivity index (χ2v) is 7.66. The van der Waals surface area contributed by atoms with Crippen LogP contribution in [0.2, 0.25) is 0 Å². The molecule has 0 radical (unpaired) electrons. The van der Waals surface area contributed by atoms with Crippen molar-refractivity contribution in [2.45, 2.75) is 18.9 Å². The molecule has 32 heavy (non-hydrogen) atoms. The maximum Gasteiger partial charge on any atom is 0.289 e. The molecule has 0 aliphatic carbocycles. The predicted octanol–water partition coefficient (Wildman–Crippen LogP) is 1.96. The van der Waals surface area contributed by atoms with E-state index in [4.69, 9.17) is 13.9 Å². The Bertz CT molecular complexity index is 995. The van der Waals surface area contributed by atoms with Crippen molar-refractivity contribution < 1.29 is 28.3 Å². The Hall–Kier alpha value is -3.75. The summed E-state index contributed by atoms with van der Waals surface area (Å²) in [5.74, 6) is 0.403. The van der Waals surface area contributed by atoms with Crippen molar-refractivity contribution in [1.82, 2.24) is 15.5 Å². The minimum atomic E-state index is -0.742. The molecule has 1 unspecified atom stereocenters. The molecule has 1 atom stereocenters. The van der Waals surface area contributed by atoms with Crippen molar-refractivity contribution in [3.63, 3.8) is 0 Å². The third-order valence-corrected chi connectivity index (χ3v) is 5.65. The zero-order valence-corrected chi connectivity index (χ0v) is 17.5. The third-order valence-electron chi connectivity index (χ3n) is 5.65. The maximum atomic E-state index is 12.9. The second kappa shape index (κ2) is 9.59. The molecule has 0 spiro atoms. The van der Waals surface area contributed by atoms with Crippen LogP contribution in [0.3, 0.4) is 0 Å². The summed E-state index contributed by atoms with van der Waals surface area (Å²) >= 11 is 0. The van der Waals surface area contributed by atoms with Gasteiger partial charge in [-0.3, -0.25) is 14.4 Å². The van der Waals surface area contributed by atoms with Crippen molar-refractivity contribution >= 4 is 17.7 Å². The number of hydrogen-bond donors (Lipinski definition) is 2. The Balaban J connectivity index is 1.43. The summed E-state index contributed by atoms with van der Waals surface area (Å²) in [5.41, 5.74) is 0.376. The molecule has 1 fully saturated rings. The second-order valence-electron chi connectivity index (χ2n) is 7.66. The molecule has 168 valence electrons. The van der Waals surface area contributed by atoms with Crippen LogP contribution in [0.25, 0.3) is 0 Å². The van der Waals surface area contributed by atoms with Gasteiger partial charge in [0, 0.05) is 25.2 Å². The summed E-state index contributed by atoms with van der Waals surface area (Å²) < 4.78 is 15.8. The summed E-state index contributed by atoms with van der Waals surface area (Å²) in [6.07, 6.45) is 4.19. The first-order valence-electron chi connectivity index (χ1n) is 10.5. The van der Waals surface area contributed by atoms with Crippen LogP contribution in [-0.4, -0.2) is 55.1 Å². The molecule has 3 heterocycles. The number of benzene rings is 1. The third kappa shape index (κ3) is 4.61. The minimum Gasteiger partial charge on any atom is -0.459 e. The molecule has 9 heteroatoms. The molecule has 2 aromatic rings. The largest absolute Gasteiger partial charge is 0.459 e. The Labute approximate surface area is 185 Å². The number of amides is 3. The molecule has 0 bridgehead atoms. The summed E-state index contributed by atoms with van der Waals surface area (Å²) in [6, 6.07) is 7.46. The SMILES string of the molecule is C=CCNC(=O)C(NC(=O)c1ccc2c(c1)OCO2)C1CCN(C(=O)c2ccco2)CC1. The molecular formula is C23H25N3O6. The highest BCUT2D eigenvalue weighted by molar-refractivity contribution is 5.98. The quantitative estimate of drug-likeness (QED) is 0.639. The molecule has 2 aliphatic heterocycles. The number of nitrogens with one attached hydrogen (secondary N) is 2. The van der Waals surface area contributed by atoms with Gasteiger partial charge in [0.25, 0.3) is 11.8 Å². The van der Waals surface area contributed by atoms with Crippen molar-refractivity contribution in [3.8, 4) is 11.5 Å². The first-order valence-corrected chi connectivity index (χ1v) is 10.5. The molecule has 1 saturated heterocycles. The molecule has 4 rings (SSSR count). The fourth-order valence-corrected chi connectivity index (χ4v) is 3.93. The lowest BCUT2D eigenvalue weighted by Gasteiger charge is -2.35. The lowest BCUT2D eigenvalue weighted by Crippen LogP contribution is -2.53. The molecule has 1 aromatic carbocycles. The average Bonchev–Trinajstić information content (AvgIpc) is 3.52. The van der Waals surface area contributed by atoms with Crippen molar-refractivity contribution in [2.24, 2.45) is 5.92 Å². The first-order chi connectivity index (χ1) is 15.6. The standard InChI is InChI=1S/C23H25N3O6/c1-2-9-24-22(28)20(25-21(27)16-5-6-17-19(13-16)32-14-31-17)15-7-10-26(11-8-15)23(29)18-4-3-12-30-18/h2-6,12-13,15,20H,1,7-11,14H2,(H,24,28)(H,25,27). The van der Waals surface area contributed by atoms with E-state index in [9.17, 15) is 14.4 Å². The van der Waals surface area contributed by atoms with E-state index < -0.39 is 6.04 Å². The first kappa shape index (κ1) is 21.5. The number of carbonyl (C=O) groups is 3. The summed E-state index contributed by atoms with van der Waals surface area (Å²) in [5, 5.41) is 5.64. The van der Waals surface area contributed by atoms with E-state index in [0.717, 1.165) is 0 Å². The predicted molar refractivity (Wildman–Crippen MR) is 114 cm³/mol. The highest BCUT2D eigenvalue weighted by Gasteiger charge is 2.34. The number of piperidine rings is 1. The Morgan fingerprint density at radius 3 is 2.66 bits per heavy atom. The van der Waals surface area contributed by atoms with Gasteiger partial charge < -0.3 is 29.4 Å². The van der Waals surface area contributed by atoms with Crippen LogP contribution in [0.5, 0.6) is 11.5 Å². The van der Waals surface area contributed by atoms with Gasteiger partial charge in [0.15, 0.2) is 17.3 Å². The minimum absolute atomic E-state index is 0.113. The van der Waals surface area contributed by atoms with Crippen LogP contribution in [0.15, 0.2) is 53.7 Å². The van der Waals surface area contributed by atoms with Crippen molar-refractivity contribution in [3.05, 3.63) is 60.6 Å². The van der Waals surface area contributed by atoms with E-state index in [1.165, 1.54) is 6.26 Å². The van der Waals surface area contributed by atoms with Gasteiger partial charge in [0.1, 0.15) is 6.04 Å². The Morgan fingerprint density at radius 2 is 1.94 bits per heavy atom. The van der Waals surface area contributed by atoms with Crippen LogP contribution < -0.4 is 20.1 Å². The van der Waals surface area contributed by atoms with Crippen molar-refractivity contribution in [2.75, 3.05) is 26.4 Å². The van der Waals surface area contributed by atoms with Gasteiger partial charge in [-0.25, -0.2) is 0 Å². The van der Waals surface area contributed by atoms with Gasteiger partial charge in [-0.15, -0.1) is 6.58 Å². The molecule has 1 aromatic heterocycles. The number of furan rings is 1. The Kier molecular flexibility index (Phi) is 6.44. The van der Waals surface area contributed by atoms with Gasteiger partial charge >= 0.3 is 0 Å². The normalized spacial score (nSPS) is 16.3. The lowest BCUT2D eigenvalue weighted by atomic mass is 9.88. The topological polar surface area (TPSA) is 110 Å². The fourth-order valence-electron chi connectivity index (χ4n) is 3.93. The molecule has 0 saturated carbocycles. The number of likely N-dealkylation sites (tertiary alicyclic amines) is 1. The number of rotatable bonds is 7. The van der Waals surface area contributed by atoms with Crippen molar-refractivity contribution in [1.29, 1.82) is 0 Å². The van der Waals surface area contributed by atoms with Gasteiger partial charge in [0.05, 0.1) is 6.26 Å². The smallest absolute Gasteiger partial charge is 0.289 e. The van der Waals surface area contributed by atoms with Crippen LogP contribution in [-0.2, 0) is 4.79 Å². The maximum absolute atomic E-state index is 12.9. The fraction of sp³-hybridized carbons (Fsp3) is 0.348. The number of fused-ring (bicyclic) bond motifs is 1. The number of carbonyl (C=O) groups excluding carboxylic acids is 3. The average molecular weight is 439 g/mol. The van der Waals surface area contributed by atoms with Crippen LogP contribution in [0, 0.1) is 5.92 Å².